The lowest BCUT2D eigenvalue weighted by molar-refractivity contribution is -0.140. The fourth-order valence-corrected chi connectivity index (χ4v) is 1.61. The molecular weight excluding hydrogens is 212 g/mol. The summed E-state index contributed by atoms with van der Waals surface area (Å²) < 4.78 is 0. The van der Waals surface area contributed by atoms with Crippen molar-refractivity contribution in [2.24, 2.45) is 5.92 Å². The second-order valence-electron chi connectivity index (χ2n) is 4.02. The molecule has 0 aromatic heterocycles. The predicted octanol–water partition coefficient (Wildman–Crippen LogP) is 4.09. The lowest BCUT2D eigenvalue weighted by Gasteiger charge is -2.18. The topological polar surface area (TPSA) is 37.3 Å². The number of aliphatic carboxylic acids is 1. The van der Waals surface area contributed by atoms with Crippen molar-refractivity contribution in [3.05, 3.63) is 48.6 Å². The molecule has 2 atom stereocenters. The fourth-order valence-electron chi connectivity index (χ4n) is 1.61. The Balaban J connectivity index is 0.000000770. The van der Waals surface area contributed by atoms with Gasteiger partial charge < -0.3 is 5.11 Å². The molecule has 2 unspecified atom stereocenters. The molecule has 2 heteroatoms. The van der Waals surface area contributed by atoms with Gasteiger partial charge in [-0.05, 0) is 18.4 Å². The van der Waals surface area contributed by atoms with Gasteiger partial charge in [-0.15, -0.1) is 6.58 Å². The molecule has 17 heavy (non-hydrogen) atoms. The molecule has 94 valence electrons. The van der Waals surface area contributed by atoms with Gasteiger partial charge in [0.05, 0.1) is 5.92 Å². The van der Waals surface area contributed by atoms with Gasteiger partial charge in [-0.2, -0.15) is 0 Å². The van der Waals surface area contributed by atoms with Crippen molar-refractivity contribution >= 4 is 5.97 Å². The molecule has 1 aromatic rings. The van der Waals surface area contributed by atoms with Crippen molar-refractivity contribution in [1.82, 2.24) is 0 Å². The Bertz CT molecular complexity index is 330. The highest BCUT2D eigenvalue weighted by Crippen LogP contribution is 2.26. The minimum atomic E-state index is -0.731. The van der Waals surface area contributed by atoms with E-state index in [-0.39, 0.29) is 11.8 Å². The molecule has 1 aromatic carbocycles. The second-order valence-corrected chi connectivity index (χ2v) is 4.02. The molecule has 2 nitrogen and oxygen atoms in total. The average molecular weight is 234 g/mol. The van der Waals surface area contributed by atoms with E-state index < -0.39 is 5.97 Å². The number of carboxylic acids is 1. The van der Waals surface area contributed by atoms with Gasteiger partial charge in [0.1, 0.15) is 0 Å². The molecule has 0 aliphatic carbocycles. The van der Waals surface area contributed by atoms with Crippen LogP contribution in [0.1, 0.15) is 38.7 Å². The quantitative estimate of drug-likeness (QED) is 0.796. The second kappa shape index (κ2) is 8.57. The minimum Gasteiger partial charge on any atom is -0.481 e. The number of hydrogen-bond donors (Lipinski definition) is 1. The number of hydrogen-bond acceptors (Lipinski definition) is 1. The van der Waals surface area contributed by atoms with Crippen LogP contribution in [0.25, 0.3) is 0 Å². The van der Waals surface area contributed by atoms with Crippen LogP contribution >= 0.6 is 0 Å². The summed E-state index contributed by atoms with van der Waals surface area (Å²) in [6, 6.07) is 9.43. The highest BCUT2D eigenvalue weighted by Gasteiger charge is 2.24. The third kappa shape index (κ3) is 5.34. The van der Waals surface area contributed by atoms with E-state index in [0.717, 1.165) is 12.0 Å². The van der Waals surface area contributed by atoms with Crippen molar-refractivity contribution in [3.63, 3.8) is 0 Å². The van der Waals surface area contributed by atoms with Crippen molar-refractivity contribution in [3.8, 4) is 0 Å². The van der Waals surface area contributed by atoms with Crippen LogP contribution in [0.15, 0.2) is 43.0 Å². The summed E-state index contributed by atoms with van der Waals surface area (Å²) in [7, 11) is 0. The van der Waals surface area contributed by atoms with Gasteiger partial charge in [0.15, 0.2) is 0 Å². The van der Waals surface area contributed by atoms with Gasteiger partial charge in [0.25, 0.3) is 0 Å². The van der Waals surface area contributed by atoms with Crippen LogP contribution in [0.3, 0.4) is 0 Å². The summed E-state index contributed by atoms with van der Waals surface area (Å²) in [4.78, 5) is 11.1. The van der Waals surface area contributed by atoms with E-state index in [1.54, 1.807) is 6.08 Å². The zero-order valence-corrected chi connectivity index (χ0v) is 10.9. The molecule has 0 fully saturated rings. The average Bonchev–Trinajstić information content (AvgIpc) is 2.31. The molecule has 0 spiro atoms. The van der Waals surface area contributed by atoms with Gasteiger partial charge in [0.2, 0.25) is 0 Å². The third-order valence-electron chi connectivity index (χ3n) is 2.64. The highest BCUT2D eigenvalue weighted by molar-refractivity contribution is 5.76. The van der Waals surface area contributed by atoms with Crippen LogP contribution in [0.2, 0.25) is 0 Å². The highest BCUT2D eigenvalue weighted by atomic mass is 16.4. The maximum absolute atomic E-state index is 11.1. The summed E-state index contributed by atoms with van der Waals surface area (Å²) in [6.07, 6.45) is 2.63. The Morgan fingerprint density at radius 1 is 1.41 bits per heavy atom. The zero-order valence-electron chi connectivity index (χ0n) is 10.9. The van der Waals surface area contributed by atoms with Crippen molar-refractivity contribution in [1.29, 1.82) is 0 Å². The van der Waals surface area contributed by atoms with Crippen LogP contribution in [0.5, 0.6) is 0 Å². The lowest BCUT2D eigenvalue weighted by atomic mass is 9.86. The van der Waals surface area contributed by atoms with Gasteiger partial charge in [0, 0.05) is 0 Å². The number of benzene rings is 1. The number of rotatable bonds is 4. The van der Waals surface area contributed by atoms with Gasteiger partial charge in [-0.1, -0.05) is 56.7 Å². The van der Waals surface area contributed by atoms with E-state index in [4.69, 9.17) is 5.11 Å². The molecular formula is C15H22O2. The third-order valence-corrected chi connectivity index (χ3v) is 2.64. The Morgan fingerprint density at radius 3 is 2.24 bits per heavy atom. The molecule has 0 radical (unpaired) electrons. The summed E-state index contributed by atoms with van der Waals surface area (Å²) in [5.41, 5.74) is 0.898. The Hall–Kier alpha value is -1.57. The molecule has 0 aliphatic rings. The van der Waals surface area contributed by atoms with Gasteiger partial charge >= 0.3 is 5.97 Å². The monoisotopic (exact) mass is 234 g/mol. The largest absolute Gasteiger partial charge is 0.481 e. The number of carboxylic acid groups (broad SMARTS) is 1. The van der Waals surface area contributed by atoms with E-state index in [1.165, 1.54) is 0 Å². The minimum absolute atomic E-state index is 0.176. The predicted molar refractivity (Wildman–Crippen MR) is 72.1 cm³/mol. The number of carbonyl (C=O) groups is 1. The summed E-state index contributed by atoms with van der Waals surface area (Å²) >= 11 is 0. The van der Waals surface area contributed by atoms with Crippen LogP contribution < -0.4 is 0 Å². The SMILES string of the molecule is C=CC.CCC(C)C(C(=O)O)c1ccccc1. The van der Waals surface area contributed by atoms with Crippen molar-refractivity contribution in [2.45, 2.75) is 33.1 Å². The first-order chi connectivity index (χ1) is 8.08. The van der Waals surface area contributed by atoms with E-state index in [9.17, 15) is 4.79 Å². The van der Waals surface area contributed by atoms with Gasteiger partial charge in [-0.25, -0.2) is 0 Å². The van der Waals surface area contributed by atoms with Gasteiger partial charge in [-0.3, -0.25) is 4.79 Å². The van der Waals surface area contributed by atoms with Crippen molar-refractivity contribution < 1.29 is 9.90 Å². The molecule has 1 rings (SSSR count). The first-order valence-electron chi connectivity index (χ1n) is 5.93. The summed E-state index contributed by atoms with van der Waals surface area (Å²) in [5.74, 6) is -0.929. The van der Waals surface area contributed by atoms with Crippen LogP contribution in [-0.2, 0) is 4.79 Å². The van der Waals surface area contributed by atoms with E-state index in [2.05, 4.69) is 6.58 Å². The Labute approximate surface area is 104 Å². The molecule has 1 N–H and O–H groups in total. The Kier molecular flexibility index (Phi) is 7.78. The summed E-state index contributed by atoms with van der Waals surface area (Å²) in [5, 5.41) is 9.13. The standard InChI is InChI=1S/C12H16O2.C3H6/c1-3-9(2)11(12(13)14)10-7-5-4-6-8-10;1-3-2/h4-9,11H,3H2,1-2H3,(H,13,14);3H,1H2,2H3. The molecule has 0 amide bonds. The molecule has 0 bridgehead atoms. The zero-order chi connectivity index (χ0) is 13.3. The van der Waals surface area contributed by atoms with Crippen LogP contribution in [-0.4, -0.2) is 11.1 Å². The lowest BCUT2D eigenvalue weighted by Crippen LogP contribution is -2.18. The maximum Gasteiger partial charge on any atom is 0.311 e. The van der Waals surface area contributed by atoms with Crippen LogP contribution in [0, 0.1) is 5.92 Å². The van der Waals surface area contributed by atoms with E-state index >= 15 is 0 Å². The molecule has 0 saturated carbocycles. The smallest absolute Gasteiger partial charge is 0.311 e. The Morgan fingerprint density at radius 2 is 1.88 bits per heavy atom. The molecule has 0 heterocycles. The van der Waals surface area contributed by atoms with E-state index in [1.807, 2.05) is 51.1 Å². The van der Waals surface area contributed by atoms with Crippen LogP contribution in [0.4, 0.5) is 0 Å². The van der Waals surface area contributed by atoms with Crippen molar-refractivity contribution in [2.75, 3.05) is 0 Å². The summed E-state index contributed by atoms with van der Waals surface area (Å²) in [6.45, 7) is 9.25. The number of allylic oxidation sites excluding steroid dienone is 1. The van der Waals surface area contributed by atoms with E-state index in [0.29, 0.717) is 0 Å². The first-order valence-corrected chi connectivity index (χ1v) is 5.93. The maximum atomic E-state index is 11.1. The first kappa shape index (κ1) is 15.4. The fraction of sp³-hybridized carbons (Fsp3) is 0.400. The molecule has 0 saturated heterocycles. The normalized spacial score (nSPS) is 12.9. The molecule has 0 aliphatic heterocycles.